The molecule has 0 heterocycles. The van der Waals surface area contributed by atoms with E-state index in [1.54, 1.807) is 0 Å². The highest BCUT2D eigenvalue weighted by molar-refractivity contribution is 5.74. The zero-order chi connectivity index (χ0) is 12.1. The van der Waals surface area contributed by atoms with Gasteiger partial charge in [0, 0.05) is 12.1 Å². The van der Waals surface area contributed by atoms with Crippen molar-refractivity contribution in [3.05, 3.63) is 0 Å². The maximum Gasteiger partial charge on any atom is 0.315 e. The number of carbonyl (C=O) groups excluding carboxylic acids is 1. The van der Waals surface area contributed by atoms with Gasteiger partial charge in [-0.3, -0.25) is 0 Å². The molecule has 0 radical (unpaired) electrons. The SMILES string of the molecule is C[C@@H]1CCCC[C@@H]1NC(=O)NC1CCCCC1. The number of hydrogen-bond donors (Lipinski definition) is 2. The van der Waals surface area contributed by atoms with Crippen molar-refractivity contribution >= 4 is 6.03 Å². The molecule has 3 heteroatoms. The predicted octanol–water partition coefficient (Wildman–Crippen LogP) is 3.20. The molecule has 2 aliphatic carbocycles. The van der Waals surface area contributed by atoms with Crippen molar-refractivity contribution in [3.8, 4) is 0 Å². The van der Waals surface area contributed by atoms with Crippen molar-refractivity contribution in [2.75, 3.05) is 0 Å². The van der Waals surface area contributed by atoms with Crippen LogP contribution in [-0.4, -0.2) is 18.1 Å². The van der Waals surface area contributed by atoms with E-state index in [1.165, 1.54) is 38.5 Å². The highest BCUT2D eigenvalue weighted by Crippen LogP contribution is 2.23. The maximum absolute atomic E-state index is 11.9. The zero-order valence-corrected chi connectivity index (χ0v) is 11.0. The van der Waals surface area contributed by atoms with Gasteiger partial charge in [-0.15, -0.1) is 0 Å². The minimum absolute atomic E-state index is 0.0654. The molecule has 2 N–H and O–H groups in total. The van der Waals surface area contributed by atoms with E-state index in [0.717, 1.165) is 19.3 Å². The predicted molar refractivity (Wildman–Crippen MR) is 70.0 cm³/mol. The number of hydrogen-bond acceptors (Lipinski definition) is 1. The lowest BCUT2D eigenvalue weighted by Gasteiger charge is -2.31. The Morgan fingerprint density at radius 1 is 0.882 bits per heavy atom. The third-order valence-corrected chi connectivity index (χ3v) is 4.37. The molecular formula is C14H26N2O. The average molecular weight is 238 g/mol. The highest BCUT2D eigenvalue weighted by atomic mass is 16.2. The quantitative estimate of drug-likeness (QED) is 0.762. The van der Waals surface area contributed by atoms with Crippen molar-refractivity contribution in [3.63, 3.8) is 0 Å². The van der Waals surface area contributed by atoms with Gasteiger partial charge in [0.15, 0.2) is 0 Å². The largest absolute Gasteiger partial charge is 0.335 e. The van der Waals surface area contributed by atoms with Crippen LogP contribution in [0, 0.1) is 5.92 Å². The normalized spacial score (nSPS) is 30.9. The summed E-state index contributed by atoms with van der Waals surface area (Å²) in [5, 5.41) is 6.30. The van der Waals surface area contributed by atoms with Crippen LogP contribution in [0.5, 0.6) is 0 Å². The van der Waals surface area contributed by atoms with Crippen LogP contribution in [-0.2, 0) is 0 Å². The van der Waals surface area contributed by atoms with E-state index >= 15 is 0 Å². The van der Waals surface area contributed by atoms with Crippen LogP contribution in [0.25, 0.3) is 0 Å². The lowest BCUT2D eigenvalue weighted by Crippen LogP contribution is -2.49. The third-order valence-electron chi connectivity index (χ3n) is 4.37. The Morgan fingerprint density at radius 2 is 1.53 bits per heavy atom. The number of urea groups is 1. The number of carbonyl (C=O) groups is 1. The molecule has 2 fully saturated rings. The first-order valence-corrected chi connectivity index (χ1v) is 7.33. The second-order valence-corrected chi connectivity index (χ2v) is 5.82. The van der Waals surface area contributed by atoms with Gasteiger partial charge in [0.2, 0.25) is 0 Å². The average Bonchev–Trinajstić information content (AvgIpc) is 2.33. The fraction of sp³-hybridized carbons (Fsp3) is 0.929. The standard InChI is InChI=1S/C14H26N2O/c1-11-7-5-6-10-13(11)16-14(17)15-12-8-3-2-4-9-12/h11-13H,2-10H2,1H3,(H2,15,16,17)/t11-,13+/m1/s1. The van der Waals surface area contributed by atoms with E-state index < -0.39 is 0 Å². The fourth-order valence-corrected chi connectivity index (χ4v) is 3.17. The minimum Gasteiger partial charge on any atom is -0.335 e. The molecular weight excluding hydrogens is 212 g/mol. The van der Waals surface area contributed by atoms with Gasteiger partial charge in [-0.25, -0.2) is 4.79 Å². The van der Waals surface area contributed by atoms with Gasteiger partial charge < -0.3 is 10.6 Å². The van der Waals surface area contributed by atoms with Crippen LogP contribution in [0.15, 0.2) is 0 Å². The molecule has 2 amide bonds. The van der Waals surface area contributed by atoms with Crippen LogP contribution >= 0.6 is 0 Å². The Hall–Kier alpha value is -0.730. The smallest absolute Gasteiger partial charge is 0.315 e. The third kappa shape index (κ3) is 3.90. The Kier molecular flexibility index (Phi) is 4.69. The Bertz CT molecular complexity index is 249. The molecule has 0 aliphatic heterocycles. The summed E-state index contributed by atoms with van der Waals surface area (Å²) in [6.45, 7) is 2.25. The maximum atomic E-state index is 11.9. The molecule has 0 aromatic rings. The first-order valence-electron chi connectivity index (χ1n) is 7.33. The van der Waals surface area contributed by atoms with Crippen LogP contribution in [0.3, 0.4) is 0 Å². The Morgan fingerprint density at radius 3 is 2.24 bits per heavy atom. The lowest BCUT2D eigenvalue weighted by atomic mass is 9.86. The van der Waals surface area contributed by atoms with E-state index in [1.807, 2.05) is 0 Å². The molecule has 2 atom stereocenters. The molecule has 2 aliphatic rings. The Labute approximate surface area is 105 Å². The molecule has 2 saturated carbocycles. The van der Waals surface area contributed by atoms with E-state index in [0.29, 0.717) is 18.0 Å². The summed E-state index contributed by atoms with van der Waals surface area (Å²) in [6.07, 6.45) is 11.2. The van der Waals surface area contributed by atoms with Crippen molar-refractivity contribution in [1.82, 2.24) is 10.6 Å². The van der Waals surface area contributed by atoms with Gasteiger partial charge in [-0.05, 0) is 31.6 Å². The number of amides is 2. The molecule has 2 rings (SSSR count). The van der Waals surface area contributed by atoms with Crippen LogP contribution in [0.2, 0.25) is 0 Å². The van der Waals surface area contributed by atoms with Gasteiger partial charge in [-0.1, -0.05) is 39.0 Å². The second kappa shape index (κ2) is 6.27. The van der Waals surface area contributed by atoms with E-state index in [4.69, 9.17) is 0 Å². The molecule has 0 aromatic heterocycles. The molecule has 0 saturated heterocycles. The number of nitrogens with one attached hydrogen (secondary N) is 2. The second-order valence-electron chi connectivity index (χ2n) is 5.82. The van der Waals surface area contributed by atoms with Crippen LogP contribution in [0.1, 0.15) is 64.7 Å². The van der Waals surface area contributed by atoms with Gasteiger partial charge in [0.25, 0.3) is 0 Å². The summed E-state index contributed by atoms with van der Waals surface area (Å²) >= 11 is 0. The summed E-state index contributed by atoms with van der Waals surface area (Å²) in [5.41, 5.74) is 0. The topological polar surface area (TPSA) is 41.1 Å². The fourth-order valence-electron chi connectivity index (χ4n) is 3.17. The van der Waals surface area contributed by atoms with E-state index in [9.17, 15) is 4.79 Å². The molecule has 0 bridgehead atoms. The van der Waals surface area contributed by atoms with Gasteiger partial charge >= 0.3 is 6.03 Å². The van der Waals surface area contributed by atoms with Crippen LogP contribution in [0.4, 0.5) is 4.79 Å². The number of rotatable bonds is 2. The van der Waals surface area contributed by atoms with Crippen LogP contribution < -0.4 is 10.6 Å². The summed E-state index contributed by atoms with van der Waals surface area (Å²) in [7, 11) is 0. The van der Waals surface area contributed by atoms with Crippen molar-refractivity contribution in [2.45, 2.75) is 76.8 Å². The lowest BCUT2D eigenvalue weighted by molar-refractivity contribution is 0.214. The van der Waals surface area contributed by atoms with Gasteiger partial charge in [0.1, 0.15) is 0 Å². The molecule has 0 aromatic carbocycles. The Balaban J connectivity index is 1.72. The summed E-state index contributed by atoms with van der Waals surface area (Å²) in [5.74, 6) is 0.640. The van der Waals surface area contributed by atoms with Crippen molar-refractivity contribution in [1.29, 1.82) is 0 Å². The van der Waals surface area contributed by atoms with Crippen molar-refractivity contribution in [2.24, 2.45) is 5.92 Å². The summed E-state index contributed by atoms with van der Waals surface area (Å²) < 4.78 is 0. The van der Waals surface area contributed by atoms with Crippen molar-refractivity contribution < 1.29 is 4.79 Å². The highest BCUT2D eigenvalue weighted by Gasteiger charge is 2.23. The molecule has 17 heavy (non-hydrogen) atoms. The summed E-state index contributed by atoms with van der Waals surface area (Å²) in [4.78, 5) is 11.9. The van der Waals surface area contributed by atoms with E-state index in [-0.39, 0.29) is 6.03 Å². The first kappa shape index (κ1) is 12.7. The molecule has 0 spiro atoms. The van der Waals surface area contributed by atoms with E-state index in [2.05, 4.69) is 17.6 Å². The zero-order valence-electron chi connectivity index (χ0n) is 11.0. The monoisotopic (exact) mass is 238 g/mol. The first-order chi connectivity index (χ1) is 8.25. The summed E-state index contributed by atoms with van der Waals surface area (Å²) in [6, 6.07) is 0.880. The molecule has 98 valence electrons. The van der Waals surface area contributed by atoms with Gasteiger partial charge in [0.05, 0.1) is 0 Å². The minimum atomic E-state index is 0.0654. The van der Waals surface area contributed by atoms with Gasteiger partial charge in [-0.2, -0.15) is 0 Å². The molecule has 3 nitrogen and oxygen atoms in total. The molecule has 0 unspecified atom stereocenters.